The van der Waals surface area contributed by atoms with E-state index in [0.29, 0.717) is 5.92 Å². The van der Waals surface area contributed by atoms with Crippen molar-refractivity contribution in [1.82, 2.24) is 0 Å². The van der Waals surface area contributed by atoms with Crippen molar-refractivity contribution in [2.75, 3.05) is 0 Å². The fourth-order valence-electron chi connectivity index (χ4n) is 3.71. The molecule has 0 heterocycles. The minimum atomic E-state index is 0.619. The molecule has 0 spiro atoms. The number of aryl methyl sites for hydroxylation is 1. The number of hydrogen-bond acceptors (Lipinski definition) is 1. The maximum atomic E-state index is 8.62. The van der Waals surface area contributed by atoms with Crippen molar-refractivity contribution < 1.29 is 0 Å². The second kappa shape index (κ2) is 10.3. The lowest BCUT2D eigenvalue weighted by Crippen LogP contribution is -2.11. The van der Waals surface area contributed by atoms with Gasteiger partial charge in [0.25, 0.3) is 0 Å². The molecule has 2 rings (SSSR count). The molecule has 0 aliphatic heterocycles. The van der Waals surface area contributed by atoms with Crippen LogP contribution in [0.3, 0.4) is 0 Å². The van der Waals surface area contributed by atoms with E-state index in [1.54, 1.807) is 6.08 Å². The van der Waals surface area contributed by atoms with Gasteiger partial charge in [0.2, 0.25) is 0 Å². The van der Waals surface area contributed by atoms with Crippen molar-refractivity contribution in [3.05, 3.63) is 47.5 Å². The highest BCUT2D eigenvalue weighted by Gasteiger charge is 2.20. The Balaban J connectivity index is 1.75. The van der Waals surface area contributed by atoms with Crippen LogP contribution < -0.4 is 0 Å². The Morgan fingerprint density at radius 3 is 2.35 bits per heavy atom. The first-order chi connectivity index (χ1) is 11.3. The molecule has 1 aromatic rings. The number of benzene rings is 1. The quantitative estimate of drug-likeness (QED) is 0.394. The van der Waals surface area contributed by atoms with E-state index in [-0.39, 0.29) is 0 Å². The summed E-state index contributed by atoms with van der Waals surface area (Å²) < 4.78 is 0. The smallest absolute Gasteiger partial charge is 0.0908 e. The van der Waals surface area contributed by atoms with Crippen LogP contribution in [0.15, 0.2) is 36.4 Å². The number of unbranched alkanes of at least 4 members (excludes halogenated alkanes) is 4. The van der Waals surface area contributed by atoms with Crippen LogP contribution >= 0.6 is 0 Å². The molecule has 0 N–H and O–H groups in total. The van der Waals surface area contributed by atoms with Crippen LogP contribution in [0.2, 0.25) is 0 Å². The predicted molar refractivity (Wildman–Crippen MR) is 98.4 cm³/mol. The fraction of sp³-hybridized carbons (Fsp3) is 0.591. The van der Waals surface area contributed by atoms with Crippen LogP contribution in [0.1, 0.15) is 81.8 Å². The van der Waals surface area contributed by atoms with Gasteiger partial charge in [-0.2, -0.15) is 5.26 Å². The summed E-state index contributed by atoms with van der Waals surface area (Å²) in [6, 6.07) is 11.5. The third-order valence-electron chi connectivity index (χ3n) is 5.23. The van der Waals surface area contributed by atoms with Crippen molar-refractivity contribution in [2.45, 2.75) is 77.0 Å². The second-order valence-corrected chi connectivity index (χ2v) is 7.01. The Morgan fingerprint density at radius 1 is 1.00 bits per heavy atom. The zero-order chi connectivity index (χ0) is 16.3. The molecule has 1 saturated carbocycles. The normalized spacial score (nSPS) is 21.4. The molecule has 0 aromatic heterocycles. The molecular formula is C22H31N. The fourth-order valence-corrected chi connectivity index (χ4v) is 3.71. The second-order valence-electron chi connectivity index (χ2n) is 7.01. The first-order valence-electron chi connectivity index (χ1n) is 9.48. The van der Waals surface area contributed by atoms with Crippen LogP contribution in [0.25, 0.3) is 0 Å². The monoisotopic (exact) mass is 309 g/mol. The predicted octanol–water partition coefficient (Wildman–Crippen LogP) is 6.55. The average Bonchev–Trinajstić information content (AvgIpc) is 2.61. The van der Waals surface area contributed by atoms with E-state index in [4.69, 9.17) is 5.26 Å². The lowest BCUT2D eigenvalue weighted by molar-refractivity contribution is 0.376. The molecule has 0 unspecified atom stereocenters. The SMILES string of the molecule is CCCCCCCc1ccc([C@H]2CC[C@H](/C=C/C#N)CC2)cc1. The molecule has 124 valence electrons. The molecule has 1 aromatic carbocycles. The van der Waals surface area contributed by atoms with Gasteiger partial charge in [0, 0.05) is 6.08 Å². The minimum Gasteiger partial charge on any atom is -0.193 e. The van der Waals surface area contributed by atoms with Crippen LogP contribution in [0, 0.1) is 17.2 Å². The van der Waals surface area contributed by atoms with Crippen LogP contribution in [-0.4, -0.2) is 0 Å². The topological polar surface area (TPSA) is 23.8 Å². The zero-order valence-corrected chi connectivity index (χ0v) is 14.6. The van der Waals surface area contributed by atoms with Gasteiger partial charge in [-0.15, -0.1) is 0 Å². The molecule has 0 atom stereocenters. The standard InChI is InChI=1S/C22H31N/c1-2-3-4-5-6-8-19-10-14-21(15-11-19)22-16-12-20(13-17-22)9-7-18-23/h7,9-11,14-15,20,22H,2-6,8,12-13,16-17H2,1H3/b9-7+/t20-,22-. The summed E-state index contributed by atoms with van der Waals surface area (Å²) in [5.41, 5.74) is 3.01. The first-order valence-corrected chi connectivity index (χ1v) is 9.48. The van der Waals surface area contributed by atoms with Crippen LogP contribution in [0.4, 0.5) is 0 Å². The Hall–Kier alpha value is -1.55. The maximum absolute atomic E-state index is 8.62. The first kappa shape index (κ1) is 17.8. The Labute approximate surface area is 142 Å². The highest BCUT2D eigenvalue weighted by molar-refractivity contribution is 5.26. The summed E-state index contributed by atoms with van der Waals surface area (Å²) in [6.07, 6.45) is 16.7. The Kier molecular flexibility index (Phi) is 7.95. The van der Waals surface area contributed by atoms with E-state index in [0.717, 1.165) is 5.92 Å². The molecule has 0 saturated heterocycles. The molecule has 1 aliphatic carbocycles. The summed E-state index contributed by atoms with van der Waals surface area (Å²) in [4.78, 5) is 0. The van der Waals surface area contributed by atoms with Gasteiger partial charge >= 0.3 is 0 Å². The van der Waals surface area contributed by atoms with E-state index in [1.165, 1.54) is 75.3 Å². The van der Waals surface area contributed by atoms with Crippen molar-refractivity contribution in [3.8, 4) is 6.07 Å². The number of rotatable bonds is 8. The average molecular weight is 309 g/mol. The van der Waals surface area contributed by atoms with E-state index < -0.39 is 0 Å². The van der Waals surface area contributed by atoms with Gasteiger partial charge in [-0.25, -0.2) is 0 Å². The van der Waals surface area contributed by atoms with Crippen molar-refractivity contribution >= 4 is 0 Å². The molecule has 23 heavy (non-hydrogen) atoms. The number of nitrogens with zero attached hydrogens (tertiary/aromatic N) is 1. The molecular weight excluding hydrogens is 278 g/mol. The van der Waals surface area contributed by atoms with E-state index in [2.05, 4.69) is 43.3 Å². The van der Waals surface area contributed by atoms with Gasteiger partial charge in [0.15, 0.2) is 0 Å². The van der Waals surface area contributed by atoms with Crippen molar-refractivity contribution in [1.29, 1.82) is 5.26 Å². The molecule has 1 fully saturated rings. The van der Waals surface area contributed by atoms with Crippen molar-refractivity contribution in [3.63, 3.8) is 0 Å². The Bertz CT molecular complexity index is 498. The molecule has 1 heteroatoms. The third kappa shape index (κ3) is 6.22. The summed E-state index contributed by atoms with van der Waals surface area (Å²) in [7, 11) is 0. The number of allylic oxidation sites excluding steroid dienone is 2. The highest BCUT2D eigenvalue weighted by atomic mass is 14.3. The third-order valence-corrected chi connectivity index (χ3v) is 5.23. The van der Waals surface area contributed by atoms with Gasteiger partial charge in [0.05, 0.1) is 6.07 Å². The molecule has 0 amide bonds. The zero-order valence-electron chi connectivity index (χ0n) is 14.6. The van der Waals surface area contributed by atoms with Gasteiger partial charge < -0.3 is 0 Å². The largest absolute Gasteiger partial charge is 0.193 e. The molecule has 0 bridgehead atoms. The summed E-state index contributed by atoms with van der Waals surface area (Å²) >= 11 is 0. The Morgan fingerprint density at radius 2 is 1.70 bits per heavy atom. The minimum absolute atomic E-state index is 0.619. The van der Waals surface area contributed by atoms with E-state index >= 15 is 0 Å². The summed E-state index contributed by atoms with van der Waals surface area (Å²) in [6.45, 7) is 2.27. The molecule has 1 nitrogen and oxygen atoms in total. The lowest BCUT2D eigenvalue weighted by Gasteiger charge is -2.27. The summed E-state index contributed by atoms with van der Waals surface area (Å²) in [5.74, 6) is 1.34. The highest BCUT2D eigenvalue weighted by Crippen LogP contribution is 2.36. The molecule has 0 radical (unpaired) electrons. The van der Waals surface area contributed by atoms with Gasteiger partial charge in [0.1, 0.15) is 0 Å². The van der Waals surface area contributed by atoms with Crippen LogP contribution in [0.5, 0.6) is 0 Å². The van der Waals surface area contributed by atoms with Gasteiger partial charge in [-0.3, -0.25) is 0 Å². The van der Waals surface area contributed by atoms with Crippen LogP contribution in [-0.2, 0) is 6.42 Å². The van der Waals surface area contributed by atoms with E-state index in [9.17, 15) is 0 Å². The van der Waals surface area contributed by atoms with Gasteiger partial charge in [-0.05, 0) is 61.5 Å². The summed E-state index contributed by atoms with van der Waals surface area (Å²) in [5, 5.41) is 8.62. The van der Waals surface area contributed by atoms with Crippen molar-refractivity contribution in [2.24, 2.45) is 5.92 Å². The maximum Gasteiger partial charge on any atom is 0.0908 e. The van der Waals surface area contributed by atoms with E-state index in [1.807, 2.05) is 0 Å². The van der Waals surface area contributed by atoms with Gasteiger partial charge in [-0.1, -0.05) is 62.9 Å². The molecule has 1 aliphatic rings. The lowest BCUT2D eigenvalue weighted by atomic mass is 9.78. The number of nitriles is 1. The number of hydrogen-bond donors (Lipinski definition) is 0.